The molecule has 0 spiro atoms. The zero-order valence-corrected chi connectivity index (χ0v) is 9.02. The van der Waals surface area contributed by atoms with E-state index in [1.54, 1.807) is 11.0 Å². The monoisotopic (exact) mass is 229 g/mol. The lowest BCUT2D eigenvalue weighted by Gasteiger charge is -2.16. The maximum atomic E-state index is 9.40. The summed E-state index contributed by atoms with van der Waals surface area (Å²) in [6, 6.07) is 1.77. The zero-order valence-electron chi connectivity index (χ0n) is 8.26. The van der Waals surface area contributed by atoms with Crippen LogP contribution < -0.4 is 4.90 Å². The molecule has 1 fully saturated rings. The Labute approximate surface area is 92.3 Å². The maximum Gasteiger partial charge on any atom is 0.224 e. The molecule has 2 heterocycles. The number of aliphatic hydroxyl groups excluding tert-OH is 2. The van der Waals surface area contributed by atoms with Gasteiger partial charge < -0.3 is 15.1 Å². The third-order valence-corrected chi connectivity index (χ3v) is 2.57. The highest BCUT2D eigenvalue weighted by Gasteiger charge is 2.30. The minimum Gasteiger partial charge on any atom is -0.389 e. The Morgan fingerprint density at radius 3 is 2.47 bits per heavy atom. The van der Waals surface area contributed by atoms with Crippen LogP contribution in [0, 0.1) is 6.92 Å². The summed E-state index contributed by atoms with van der Waals surface area (Å²) in [5.41, 5.74) is 0.765. The van der Waals surface area contributed by atoms with Gasteiger partial charge in [-0.1, -0.05) is 0 Å². The lowest BCUT2D eigenvalue weighted by Crippen LogP contribution is -2.22. The number of aryl methyl sites for hydroxylation is 1. The Kier molecular flexibility index (Phi) is 2.77. The van der Waals surface area contributed by atoms with E-state index < -0.39 is 12.2 Å². The molecule has 0 aromatic carbocycles. The molecule has 2 atom stereocenters. The number of hydrogen-bond donors (Lipinski definition) is 2. The van der Waals surface area contributed by atoms with Crippen LogP contribution in [0.2, 0.25) is 5.28 Å². The number of halogens is 1. The molecule has 0 amide bonds. The maximum absolute atomic E-state index is 9.40. The van der Waals surface area contributed by atoms with Gasteiger partial charge in [0, 0.05) is 24.8 Å². The molecule has 0 radical (unpaired) electrons. The zero-order chi connectivity index (χ0) is 11.0. The van der Waals surface area contributed by atoms with Gasteiger partial charge in [0.15, 0.2) is 0 Å². The van der Waals surface area contributed by atoms with E-state index in [1.807, 2.05) is 6.92 Å². The van der Waals surface area contributed by atoms with Crippen LogP contribution in [0.3, 0.4) is 0 Å². The van der Waals surface area contributed by atoms with Crippen molar-refractivity contribution in [2.75, 3.05) is 18.0 Å². The standard InChI is InChI=1S/C9H12ClN3O2/c1-5-2-8(12-9(10)11-5)13-3-6(14)7(15)4-13/h2,6-7,14-15H,3-4H2,1H3. The molecular weight excluding hydrogens is 218 g/mol. The van der Waals surface area contributed by atoms with Crippen LogP contribution in [0.25, 0.3) is 0 Å². The van der Waals surface area contributed by atoms with Crippen LogP contribution in [-0.4, -0.2) is 45.5 Å². The first kappa shape index (κ1) is 10.6. The summed E-state index contributed by atoms with van der Waals surface area (Å²) in [4.78, 5) is 9.78. The third-order valence-electron chi connectivity index (χ3n) is 2.40. The Bertz CT molecular complexity index is 344. The average molecular weight is 230 g/mol. The summed E-state index contributed by atoms with van der Waals surface area (Å²) < 4.78 is 0. The van der Waals surface area contributed by atoms with E-state index in [-0.39, 0.29) is 5.28 Å². The van der Waals surface area contributed by atoms with Crippen LogP contribution >= 0.6 is 11.6 Å². The van der Waals surface area contributed by atoms with E-state index in [0.29, 0.717) is 18.9 Å². The highest BCUT2D eigenvalue weighted by molar-refractivity contribution is 6.28. The first-order chi connectivity index (χ1) is 7.06. The van der Waals surface area contributed by atoms with Gasteiger partial charge in [-0.2, -0.15) is 0 Å². The molecule has 2 N–H and O–H groups in total. The SMILES string of the molecule is Cc1cc(N2CC(O)C(O)C2)nc(Cl)n1. The van der Waals surface area contributed by atoms with Crippen LogP contribution in [-0.2, 0) is 0 Å². The van der Waals surface area contributed by atoms with Gasteiger partial charge in [0.05, 0.1) is 12.2 Å². The van der Waals surface area contributed by atoms with Crippen molar-refractivity contribution < 1.29 is 10.2 Å². The quantitative estimate of drug-likeness (QED) is 0.663. The fourth-order valence-corrected chi connectivity index (χ4v) is 1.85. The van der Waals surface area contributed by atoms with E-state index in [0.717, 1.165) is 5.69 Å². The van der Waals surface area contributed by atoms with E-state index in [1.165, 1.54) is 0 Å². The topological polar surface area (TPSA) is 69.5 Å². The van der Waals surface area contributed by atoms with E-state index in [4.69, 9.17) is 11.6 Å². The molecule has 5 nitrogen and oxygen atoms in total. The summed E-state index contributed by atoms with van der Waals surface area (Å²) >= 11 is 5.73. The lowest BCUT2D eigenvalue weighted by atomic mass is 10.3. The Balaban J connectivity index is 2.23. The van der Waals surface area contributed by atoms with Crippen molar-refractivity contribution in [3.05, 3.63) is 17.0 Å². The van der Waals surface area contributed by atoms with Gasteiger partial charge in [0.2, 0.25) is 5.28 Å². The molecule has 15 heavy (non-hydrogen) atoms. The van der Waals surface area contributed by atoms with Crippen molar-refractivity contribution in [3.63, 3.8) is 0 Å². The number of hydrogen-bond acceptors (Lipinski definition) is 5. The Morgan fingerprint density at radius 2 is 1.93 bits per heavy atom. The highest BCUT2D eigenvalue weighted by Crippen LogP contribution is 2.20. The summed E-state index contributed by atoms with van der Waals surface area (Å²) in [6.45, 7) is 2.56. The van der Waals surface area contributed by atoms with E-state index >= 15 is 0 Å². The van der Waals surface area contributed by atoms with Gasteiger partial charge in [0.25, 0.3) is 0 Å². The molecule has 1 aliphatic heterocycles. The van der Waals surface area contributed by atoms with Crippen molar-refractivity contribution in [2.24, 2.45) is 0 Å². The highest BCUT2D eigenvalue weighted by atomic mass is 35.5. The molecule has 0 aliphatic carbocycles. The van der Waals surface area contributed by atoms with Crippen molar-refractivity contribution in [1.82, 2.24) is 9.97 Å². The minimum absolute atomic E-state index is 0.181. The van der Waals surface area contributed by atoms with Gasteiger partial charge in [0.1, 0.15) is 5.82 Å². The summed E-state index contributed by atoms with van der Waals surface area (Å²) in [5, 5.41) is 19.0. The van der Waals surface area contributed by atoms with Crippen LogP contribution in [0.15, 0.2) is 6.07 Å². The number of aliphatic hydroxyl groups is 2. The molecule has 82 valence electrons. The number of nitrogens with zero attached hydrogens (tertiary/aromatic N) is 3. The fourth-order valence-electron chi connectivity index (χ4n) is 1.63. The molecule has 0 saturated carbocycles. The molecule has 1 aliphatic rings. The van der Waals surface area contributed by atoms with Crippen LogP contribution in [0.5, 0.6) is 0 Å². The molecule has 6 heteroatoms. The van der Waals surface area contributed by atoms with Crippen molar-refractivity contribution >= 4 is 17.4 Å². The number of anilines is 1. The molecule has 1 saturated heterocycles. The summed E-state index contributed by atoms with van der Waals surface area (Å²) in [7, 11) is 0. The number of β-amino-alcohol motifs (C(OH)–C–C–N with tert-alkyl or cyclic N) is 2. The molecule has 1 aromatic heterocycles. The summed E-state index contributed by atoms with van der Waals surface area (Å²) in [6.07, 6.45) is -1.45. The number of rotatable bonds is 1. The van der Waals surface area contributed by atoms with Gasteiger partial charge in [-0.05, 0) is 18.5 Å². The molecule has 1 aromatic rings. The molecule has 2 rings (SSSR count). The summed E-state index contributed by atoms with van der Waals surface area (Å²) in [5.74, 6) is 0.642. The van der Waals surface area contributed by atoms with E-state index in [2.05, 4.69) is 9.97 Å². The fraction of sp³-hybridized carbons (Fsp3) is 0.556. The van der Waals surface area contributed by atoms with E-state index in [9.17, 15) is 10.2 Å². The van der Waals surface area contributed by atoms with Gasteiger partial charge in [-0.25, -0.2) is 9.97 Å². The smallest absolute Gasteiger partial charge is 0.224 e. The first-order valence-corrected chi connectivity index (χ1v) is 5.06. The lowest BCUT2D eigenvalue weighted by molar-refractivity contribution is 0.0572. The first-order valence-electron chi connectivity index (χ1n) is 4.68. The molecular formula is C9H12ClN3O2. The second-order valence-corrected chi connectivity index (χ2v) is 4.01. The van der Waals surface area contributed by atoms with Gasteiger partial charge >= 0.3 is 0 Å². The predicted octanol–water partition coefficient (Wildman–Crippen LogP) is -0.0198. The van der Waals surface area contributed by atoms with Gasteiger partial charge in [-0.15, -0.1) is 0 Å². The van der Waals surface area contributed by atoms with Crippen LogP contribution in [0.4, 0.5) is 5.82 Å². The third kappa shape index (κ3) is 2.19. The Hall–Kier alpha value is -0.910. The second-order valence-electron chi connectivity index (χ2n) is 3.68. The average Bonchev–Trinajstić information content (AvgIpc) is 2.45. The van der Waals surface area contributed by atoms with Gasteiger partial charge in [-0.3, -0.25) is 0 Å². The van der Waals surface area contributed by atoms with Crippen molar-refractivity contribution in [3.8, 4) is 0 Å². The predicted molar refractivity (Wildman–Crippen MR) is 56.0 cm³/mol. The van der Waals surface area contributed by atoms with Crippen molar-refractivity contribution in [1.29, 1.82) is 0 Å². The Morgan fingerprint density at radius 1 is 1.33 bits per heavy atom. The molecule has 2 unspecified atom stereocenters. The van der Waals surface area contributed by atoms with Crippen LogP contribution in [0.1, 0.15) is 5.69 Å². The second kappa shape index (κ2) is 3.92. The number of aromatic nitrogens is 2. The normalized spacial score (nSPS) is 26.0. The van der Waals surface area contributed by atoms with Crippen molar-refractivity contribution in [2.45, 2.75) is 19.1 Å². The largest absolute Gasteiger partial charge is 0.389 e. The minimum atomic E-state index is -0.723. The molecule has 0 bridgehead atoms.